The van der Waals surface area contributed by atoms with Crippen LogP contribution in [0.1, 0.15) is 34.3 Å². The highest BCUT2D eigenvalue weighted by molar-refractivity contribution is 7.08. The van der Waals surface area contributed by atoms with Crippen LogP contribution in [0.2, 0.25) is 0 Å². The fourth-order valence-corrected chi connectivity index (χ4v) is 4.01. The Balaban J connectivity index is 1.56. The maximum atomic E-state index is 13.9. The quantitative estimate of drug-likeness (QED) is 0.520. The first-order valence-corrected chi connectivity index (χ1v) is 10.9. The molecule has 0 aliphatic heterocycles. The van der Waals surface area contributed by atoms with Gasteiger partial charge in [-0.25, -0.2) is 9.37 Å². The zero-order valence-corrected chi connectivity index (χ0v) is 17.9. The van der Waals surface area contributed by atoms with Gasteiger partial charge >= 0.3 is 0 Å². The van der Waals surface area contributed by atoms with Crippen LogP contribution < -0.4 is 14.8 Å². The van der Waals surface area contributed by atoms with Gasteiger partial charge < -0.3 is 19.9 Å². The van der Waals surface area contributed by atoms with E-state index in [-0.39, 0.29) is 30.7 Å². The van der Waals surface area contributed by atoms with Crippen LogP contribution in [0.15, 0.2) is 41.2 Å². The van der Waals surface area contributed by atoms with Gasteiger partial charge in [-0.2, -0.15) is 11.3 Å². The Hall–Kier alpha value is -2.97. The van der Waals surface area contributed by atoms with Gasteiger partial charge in [0.2, 0.25) is 5.88 Å². The smallest absolute Gasteiger partial charge is 0.257 e. The summed E-state index contributed by atoms with van der Waals surface area (Å²) in [4.78, 5) is 17.4. The van der Waals surface area contributed by atoms with Crippen molar-refractivity contribution in [2.24, 2.45) is 5.92 Å². The average molecular weight is 443 g/mol. The van der Waals surface area contributed by atoms with E-state index < -0.39 is 5.82 Å². The summed E-state index contributed by atoms with van der Waals surface area (Å²) in [6, 6.07) is 6.27. The summed E-state index contributed by atoms with van der Waals surface area (Å²) < 4.78 is 24.7. The van der Waals surface area contributed by atoms with Crippen LogP contribution in [-0.4, -0.2) is 29.7 Å². The van der Waals surface area contributed by atoms with Crippen molar-refractivity contribution in [2.45, 2.75) is 26.0 Å². The molecule has 2 N–H and O–H groups in total. The Labute approximate surface area is 183 Å². The average Bonchev–Trinajstić information content (AvgIpc) is 3.50. The van der Waals surface area contributed by atoms with Crippen LogP contribution in [0.3, 0.4) is 0 Å². The second kappa shape index (κ2) is 9.45. The topological polar surface area (TPSA) is 80.7 Å². The van der Waals surface area contributed by atoms with E-state index >= 15 is 0 Å². The summed E-state index contributed by atoms with van der Waals surface area (Å²) in [7, 11) is 1.40. The number of benzene rings is 1. The molecular weight excluding hydrogens is 419 g/mol. The molecule has 2 heterocycles. The molecule has 0 radical (unpaired) electrons. The van der Waals surface area contributed by atoms with Crippen molar-refractivity contribution in [2.75, 3.05) is 13.7 Å². The molecule has 8 heteroatoms. The Morgan fingerprint density at radius 1 is 1.32 bits per heavy atom. The summed E-state index contributed by atoms with van der Waals surface area (Å²) in [5, 5.41) is 16.2. The number of carbonyl (C=O) groups is 1. The Bertz CT molecular complexity index is 1080. The first-order chi connectivity index (χ1) is 15.1. The lowest BCUT2D eigenvalue weighted by molar-refractivity contribution is 0.0945. The van der Waals surface area contributed by atoms with Crippen LogP contribution in [0.5, 0.6) is 11.6 Å². The predicted octanol–water partition coefficient (Wildman–Crippen LogP) is 4.17. The van der Waals surface area contributed by atoms with Gasteiger partial charge in [-0.3, -0.25) is 4.79 Å². The summed E-state index contributed by atoms with van der Waals surface area (Å²) in [6.07, 6.45) is 3.90. The second-order valence-electron chi connectivity index (χ2n) is 7.45. The van der Waals surface area contributed by atoms with Crippen molar-refractivity contribution in [3.05, 3.63) is 63.7 Å². The number of thiophene rings is 1. The Morgan fingerprint density at radius 2 is 2.16 bits per heavy atom. The van der Waals surface area contributed by atoms with Crippen molar-refractivity contribution in [3.63, 3.8) is 0 Å². The van der Waals surface area contributed by atoms with Gasteiger partial charge in [0.05, 0.1) is 20.3 Å². The van der Waals surface area contributed by atoms with E-state index in [4.69, 9.17) is 9.47 Å². The number of aromatic nitrogens is 1. The first-order valence-electron chi connectivity index (χ1n) is 9.98. The van der Waals surface area contributed by atoms with Gasteiger partial charge in [-0.15, -0.1) is 0 Å². The lowest BCUT2D eigenvalue weighted by atomic mass is 10.0. The predicted molar refractivity (Wildman–Crippen MR) is 116 cm³/mol. The van der Waals surface area contributed by atoms with Gasteiger partial charge in [0.25, 0.3) is 5.91 Å². The molecule has 0 saturated heterocycles. The molecule has 1 aromatic carbocycles. The maximum Gasteiger partial charge on any atom is 0.257 e. The molecule has 0 atom stereocenters. The zero-order valence-electron chi connectivity index (χ0n) is 17.1. The molecule has 1 amide bonds. The number of hydrogen-bond donors (Lipinski definition) is 2. The van der Waals surface area contributed by atoms with Crippen LogP contribution >= 0.6 is 11.3 Å². The van der Waals surface area contributed by atoms with E-state index in [9.17, 15) is 14.3 Å². The molecule has 1 aliphatic carbocycles. The monoisotopic (exact) mass is 442 g/mol. The van der Waals surface area contributed by atoms with Crippen LogP contribution in [-0.2, 0) is 13.2 Å². The fraction of sp³-hybridized carbons (Fsp3) is 0.304. The molecule has 3 aromatic rings. The third kappa shape index (κ3) is 5.03. The van der Waals surface area contributed by atoms with Gasteiger partial charge in [-0.05, 0) is 64.4 Å². The number of ether oxygens (including phenoxy) is 2. The van der Waals surface area contributed by atoms with Crippen molar-refractivity contribution in [1.82, 2.24) is 10.3 Å². The molecule has 0 spiro atoms. The second-order valence-corrected chi connectivity index (χ2v) is 8.20. The van der Waals surface area contributed by atoms with E-state index in [1.807, 2.05) is 10.8 Å². The number of nitrogens with one attached hydrogen (secondary N) is 1. The fourth-order valence-electron chi connectivity index (χ4n) is 3.16. The zero-order chi connectivity index (χ0) is 21.8. The Kier molecular flexibility index (Phi) is 6.48. The molecular formula is C23H23FN2O4S. The van der Waals surface area contributed by atoms with Crippen molar-refractivity contribution in [1.29, 1.82) is 0 Å². The summed E-state index contributed by atoms with van der Waals surface area (Å²) in [6.45, 7) is 0.576. The van der Waals surface area contributed by atoms with E-state index in [0.29, 0.717) is 23.7 Å². The SMILES string of the molecule is COc1ccc(CNC(=O)c2cc(-c3cscc3CO)cnc2OCC2CC2)cc1F. The standard InChI is InChI=1S/C23H23FN2O4S/c1-29-21-5-4-15(6-20(21)24)8-25-22(28)18-7-16(19-13-31-12-17(19)10-27)9-26-23(18)30-11-14-2-3-14/h4-7,9,12-14,27H,2-3,8,10-11H2,1H3,(H,25,28). The van der Waals surface area contributed by atoms with E-state index in [0.717, 1.165) is 29.5 Å². The van der Waals surface area contributed by atoms with Gasteiger partial charge in [0.1, 0.15) is 5.56 Å². The van der Waals surface area contributed by atoms with Gasteiger partial charge in [0.15, 0.2) is 11.6 Å². The highest BCUT2D eigenvalue weighted by Gasteiger charge is 2.24. The number of amides is 1. The number of carbonyl (C=O) groups excluding carboxylic acids is 1. The summed E-state index contributed by atoms with van der Waals surface area (Å²) in [5.41, 5.74) is 3.25. The lowest BCUT2D eigenvalue weighted by Crippen LogP contribution is -2.24. The molecule has 0 bridgehead atoms. The molecule has 1 fully saturated rings. The molecule has 4 rings (SSSR count). The third-order valence-corrected chi connectivity index (χ3v) is 5.93. The summed E-state index contributed by atoms with van der Waals surface area (Å²) >= 11 is 1.47. The van der Waals surface area contributed by atoms with Crippen LogP contribution in [0.4, 0.5) is 4.39 Å². The number of aliphatic hydroxyl groups excluding tert-OH is 1. The van der Waals surface area contributed by atoms with Gasteiger partial charge in [-0.1, -0.05) is 6.07 Å². The maximum absolute atomic E-state index is 13.9. The molecule has 0 unspecified atom stereocenters. The number of rotatable bonds is 9. The minimum absolute atomic E-state index is 0.0939. The van der Waals surface area contributed by atoms with Crippen LogP contribution in [0.25, 0.3) is 11.1 Å². The van der Waals surface area contributed by atoms with Crippen molar-refractivity contribution in [3.8, 4) is 22.8 Å². The summed E-state index contributed by atoms with van der Waals surface area (Å²) in [5.74, 6) is 0.0862. The number of aliphatic hydroxyl groups is 1. The van der Waals surface area contributed by atoms with Crippen LogP contribution in [0, 0.1) is 11.7 Å². The number of hydrogen-bond acceptors (Lipinski definition) is 6. The number of pyridine rings is 1. The number of nitrogens with zero attached hydrogens (tertiary/aromatic N) is 1. The van der Waals surface area contributed by atoms with E-state index in [1.165, 1.54) is 30.6 Å². The molecule has 1 saturated carbocycles. The Morgan fingerprint density at radius 3 is 2.87 bits per heavy atom. The van der Waals surface area contributed by atoms with Crippen molar-refractivity contribution >= 4 is 17.2 Å². The highest BCUT2D eigenvalue weighted by atomic mass is 32.1. The largest absolute Gasteiger partial charge is 0.494 e. The molecule has 1 aliphatic rings. The lowest BCUT2D eigenvalue weighted by Gasteiger charge is -2.13. The number of halogens is 1. The molecule has 162 valence electrons. The van der Waals surface area contributed by atoms with Gasteiger partial charge in [0, 0.05) is 18.3 Å². The normalized spacial score (nSPS) is 13.1. The first kappa shape index (κ1) is 21.3. The molecule has 6 nitrogen and oxygen atoms in total. The molecule has 31 heavy (non-hydrogen) atoms. The van der Waals surface area contributed by atoms with E-state index in [1.54, 1.807) is 18.3 Å². The highest BCUT2D eigenvalue weighted by Crippen LogP contribution is 2.32. The minimum Gasteiger partial charge on any atom is -0.494 e. The molecule has 2 aromatic heterocycles. The van der Waals surface area contributed by atoms with Crippen molar-refractivity contribution < 1.29 is 23.8 Å². The van der Waals surface area contributed by atoms with E-state index in [2.05, 4.69) is 10.3 Å². The minimum atomic E-state index is -0.486. The third-order valence-electron chi connectivity index (χ3n) is 5.14. The number of methoxy groups -OCH3 is 1.